The lowest BCUT2D eigenvalue weighted by Gasteiger charge is -2.23. The number of nitrogens with one attached hydrogen (secondary N) is 2. The molecule has 1 amide bonds. The third-order valence-electron chi connectivity index (χ3n) is 3.58. The Morgan fingerprint density at radius 1 is 1.45 bits per heavy atom. The first kappa shape index (κ1) is 16.7. The van der Waals surface area contributed by atoms with Crippen LogP contribution < -0.4 is 10.6 Å². The Bertz CT molecular complexity index is 657. The van der Waals surface area contributed by atoms with Crippen molar-refractivity contribution in [3.8, 4) is 0 Å². The fourth-order valence-electron chi connectivity index (χ4n) is 2.55. The molecule has 1 aromatic heterocycles. The quantitative estimate of drug-likeness (QED) is 0.903. The number of carbonyl (C=O) groups is 1. The molecule has 1 aromatic carbocycles. The number of halogens is 1. The van der Waals surface area contributed by atoms with Gasteiger partial charge in [-0.05, 0) is 19.1 Å². The van der Waals surface area contributed by atoms with Crippen molar-refractivity contribution < 1.29 is 9.53 Å². The van der Waals surface area contributed by atoms with Crippen LogP contribution in [0.5, 0.6) is 0 Å². The minimum atomic E-state index is -0.0779. The van der Waals surface area contributed by atoms with E-state index in [-0.39, 0.29) is 24.4 Å². The van der Waals surface area contributed by atoms with Crippen molar-refractivity contribution in [3.63, 3.8) is 0 Å². The number of para-hydroxylation sites is 1. The predicted octanol–water partition coefficient (Wildman–Crippen LogP) is 1.68. The largest absolute Gasteiger partial charge is 0.374 e. The molecule has 1 aliphatic rings. The monoisotopic (exact) mass is 321 g/mol. The van der Waals surface area contributed by atoms with Crippen molar-refractivity contribution >= 4 is 29.2 Å². The number of rotatable bonds is 3. The average molecular weight is 322 g/mol. The molecule has 0 aliphatic carbocycles. The van der Waals surface area contributed by atoms with Crippen molar-refractivity contribution in [1.29, 1.82) is 0 Å². The molecule has 2 N–H and O–H groups in total. The number of hydrogen-bond donors (Lipinski definition) is 2. The summed E-state index contributed by atoms with van der Waals surface area (Å²) < 4.78 is 5.59. The van der Waals surface area contributed by atoms with Crippen LogP contribution in [0.4, 0.5) is 0 Å². The van der Waals surface area contributed by atoms with Gasteiger partial charge in [-0.25, -0.2) is 0 Å². The Balaban J connectivity index is 0.00000176. The van der Waals surface area contributed by atoms with E-state index >= 15 is 0 Å². The minimum absolute atomic E-state index is 0. The van der Waals surface area contributed by atoms with Crippen LogP contribution in [0.25, 0.3) is 10.9 Å². The predicted molar refractivity (Wildman–Crippen MR) is 88.7 cm³/mol. The van der Waals surface area contributed by atoms with Crippen molar-refractivity contribution in [1.82, 2.24) is 15.6 Å². The number of pyridine rings is 1. The molecule has 1 atom stereocenters. The van der Waals surface area contributed by atoms with E-state index in [1.807, 2.05) is 37.3 Å². The highest BCUT2D eigenvalue weighted by atomic mass is 35.5. The highest BCUT2D eigenvalue weighted by Crippen LogP contribution is 2.18. The molecule has 2 aromatic rings. The summed E-state index contributed by atoms with van der Waals surface area (Å²) in [6.45, 7) is 4.76. The van der Waals surface area contributed by atoms with Gasteiger partial charge in [0, 0.05) is 30.7 Å². The maximum Gasteiger partial charge on any atom is 0.252 e. The number of amides is 1. The molecular formula is C16H20ClN3O2. The van der Waals surface area contributed by atoms with Crippen LogP contribution in [0.1, 0.15) is 16.1 Å². The van der Waals surface area contributed by atoms with E-state index in [1.165, 1.54) is 0 Å². The number of aromatic nitrogens is 1. The van der Waals surface area contributed by atoms with Crippen molar-refractivity contribution in [2.45, 2.75) is 13.0 Å². The maximum atomic E-state index is 12.4. The molecule has 5 nitrogen and oxygen atoms in total. The van der Waals surface area contributed by atoms with E-state index in [9.17, 15) is 4.79 Å². The van der Waals surface area contributed by atoms with Gasteiger partial charge in [-0.1, -0.05) is 18.2 Å². The lowest BCUT2D eigenvalue weighted by Crippen LogP contribution is -2.45. The zero-order valence-electron chi connectivity index (χ0n) is 12.5. The molecule has 0 radical (unpaired) electrons. The maximum absolute atomic E-state index is 12.4. The van der Waals surface area contributed by atoms with E-state index in [0.29, 0.717) is 18.7 Å². The summed E-state index contributed by atoms with van der Waals surface area (Å²) in [7, 11) is 0. The second kappa shape index (κ2) is 7.54. The van der Waals surface area contributed by atoms with Crippen molar-refractivity contribution in [3.05, 3.63) is 41.6 Å². The lowest BCUT2D eigenvalue weighted by atomic mass is 10.1. The molecule has 1 fully saturated rings. The first-order chi connectivity index (χ1) is 10.2. The van der Waals surface area contributed by atoms with Crippen LogP contribution >= 0.6 is 12.4 Å². The molecule has 1 aliphatic heterocycles. The molecule has 0 saturated carbocycles. The number of carbonyl (C=O) groups excluding carboxylic acids is 1. The second-order valence-electron chi connectivity index (χ2n) is 5.24. The van der Waals surface area contributed by atoms with Gasteiger partial charge in [-0.3, -0.25) is 9.78 Å². The van der Waals surface area contributed by atoms with Crippen molar-refractivity contribution in [2.75, 3.05) is 26.2 Å². The summed E-state index contributed by atoms with van der Waals surface area (Å²) in [5.41, 5.74) is 2.36. The molecule has 118 valence electrons. The van der Waals surface area contributed by atoms with Crippen LogP contribution in [0.2, 0.25) is 0 Å². The first-order valence-corrected chi connectivity index (χ1v) is 7.21. The fraction of sp³-hybridized carbons (Fsp3) is 0.375. The first-order valence-electron chi connectivity index (χ1n) is 7.21. The van der Waals surface area contributed by atoms with Gasteiger partial charge >= 0.3 is 0 Å². The van der Waals surface area contributed by atoms with Crippen LogP contribution in [0.15, 0.2) is 30.3 Å². The third-order valence-corrected chi connectivity index (χ3v) is 3.58. The number of ether oxygens (including phenoxy) is 1. The van der Waals surface area contributed by atoms with Gasteiger partial charge in [-0.2, -0.15) is 0 Å². The second-order valence-corrected chi connectivity index (χ2v) is 5.24. The van der Waals surface area contributed by atoms with Crippen LogP contribution in [0.3, 0.4) is 0 Å². The summed E-state index contributed by atoms with van der Waals surface area (Å²) in [6.07, 6.45) is 0.0388. The summed E-state index contributed by atoms with van der Waals surface area (Å²) in [6, 6.07) is 9.53. The van der Waals surface area contributed by atoms with Crippen LogP contribution in [0, 0.1) is 6.92 Å². The molecular weight excluding hydrogens is 302 g/mol. The van der Waals surface area contributed by atoms with E-state index in [4.69, 9.17) is 4.74 Å². The fourth-order valence-corrected chi connectivity index (χ4v) is 2.55. The summed E-state index contributed by atoms with van der Waals surface area (Å²) in [5.74, 6) is -0.0779. The van der Waals surface area contributed by atoms with Gasteiger partial charge in [0.05, 0.1) is 23.8 Å². The Kier molecular flexibility index (Phi) is 5.71. The van der Waals surface area contributed by atoms with Crippen molar-refractivity contribution in [2.24, 2.45) is 0 Å². The summed E-state index contributed by atoms with van der Waals surface area (Å²) in [4.78, 5) is 16.9. The molecule has 0 spiro atoms. The molecule has 1 unspecified atom stereocenters. The molecule has 0 bridgehead atoms. The minimum Gasteiger partial charge on any atom is -0.374 e. The Hall–Kier alpha value is -1.69. The van der Waals surface area contributed by atoms with E-state index in [2.05, 4.69) is 15.6 Å². The van der Waals surface area contributed by atoms with Gasteiger partial charge in [0.25, 0.3) is 5.91 Å². The van der Waals surface area contributed by atoms with E-state index in [0.717, 1.165) is 29.7 Å². The summed E-state index contributed by atoms with van der Waals surface area (Å²) >= 11 is 0. The Labute approximate surface area is 135 Å². The molecule has 6 heteroatoms. The normalized spacial score (nSPS) is 17.8. The number of hydrogen-bond acceptors (Lipinski definition) is 4. The number of morpholine rings is 1. The number of fused-ring (bicyclic) bond motifs is 1. The topological polar surface area (TPSA) is 63.2 Å². The van der Waals surface area contributed by atoms with Crippen LogP contribution in [-0.4, -0.2) is 43.2 Å². The molecule has 1 saturated heterocycles. The zero-order valence-corrected chi connectivity index (χ0v) is 13.3. The molecule has 22 heavy (non-hydrogen) atoms. The Morgan fingerprint density at radius 2 is 2.27 bits per heavy atom. The van der Waals surface area contributed by atoms with Gasteiger partial charge in [-0.15, -0.1) is 12.4 Å². The SMILES string of the molecule is Cc1cc(C(=O)NCC2CNCCO2)c2ccccc2n1.Cl. The smallest absolute Gasteiger partial charge is 0.252 e. The average Bonchev–Trinajstić information content (AvgIpc) is 2.52. The van der Waals surface area contributed by atoms with E-state index < -0.39 is 0 Å². The third kappa shape index (κ3) is 3.74. The van der Waals surface area contributed by atoms with Gasteiger partial charge in [0.15, 0.2) is 0 Å². The molecule has 3 rings (SSSR count). The number of aryl methyl sites for hydroxylation is 1. The summed E-state index contributed by atoms with van der Waals surface area (Å²) in [5, 5.41) is 7.09. The lowest BCUT2D eigenvalue weighted by molar-refractivity contribution is 0.0287. The standard InChI is InChI=1S/C16H19N3O2.ClH/c1-11-8-14(13-4-2-3-5-15(13)19-11)16(20)18-10-12-9-17-6-7-21-12;/h2-5,8,12,17H,6-7,9-10H2,1H3,(H,18,20);1H. The highest BCUT2D eigenvalue weighted by Gasteiger charge is 2.16. The van der Waals surface area contributed by atoms with Gasteiger partial charge in [0.2, 0.25) is 0 Å². The highest BCUT2D eigenvalue weighted by molar-refractivity contribution is 6.06. The van der Waals surface area contributed by atoms with E-state index in [1.54, 1.807) is 0 Å². The number of benzene rings is 1. The Morgan fingerprint density at radius 3 is 3.05 bits per heavy atom. The molecule has 2 heterocycles. The van der Waals surface area contributed by atoms with Crippen LogP contribution in [-0.2, 0) is 4.74 Å². The number of nitrogens with zero attached hydrogens (tertiary/aromatic N) is 1. The van der Waals surface area contributed by atoms with Gasteiger partial charge < -0.3 is 15.4 Å². The van der Waals surface area contributed by atoms with Gasteiger partial charge in [0.1, 0.15) is 0 Å². The zero-order chi connectivity index (χ0) is 14.7.